The van der Waals surface area contributed by atoms with Crippen LogP contribution in [0, 0.1) is 17.5 Å². The van der Waals surface area contributed by atoms with Crippen molar-refractivity contribution in [3.8, 4) is 0 Å². The van der Waals surface area contributed by atoms with E-state index in [4.69, 9.17) is 0 Å². The zero-order chi connectivity index (χ0) is 21.3. The molecule has 1 aliphatic heterocycles. The van der Waals surface area contributed by atoms with Crippen molar-refractivity contribution < 1.29 is 18.0 Å². The molecule has 0 saturated heterocycles. The summed E-state index contributed by atoms with van der Waals surface area (Å²) in [6, 6.07) is 14.8. The van der Waals surface area contributed by atoms with Crippen molar-refractivity contribution in [2.45, 2.75) is 25.9 Å². The summed E-state index contributed by atoms with van der Waals surface area (Å²) in [5, 5.41) is 2.93. The zero-order valence-corrected chi connectivity index (χ0v) is 16.5. The molecule has 1 atom stereocenters. The van der Waals surface area contributed by atoms with Gasteiger partial charge in [-0.15, -0.1) is 0 Å². The van der Waals surface area contributed by atoms with Crippen molar-refractivity contribution in [3.63, 3.8) is 0 Å². The molecule has 1 aliphatic rings. The topological polar surface area (TPSA) is 32.3 Å². The Labute approximate surface area is 173 Å². The molecule has 0 unspecified atom stereocenters. The fourth-order valence-corrected chi connectivity index (χ4v) is 3.75. The van der Waals surface area contributed by atoms with Gasteiger partial charge >= 0.3 is 0 Å². The summed E-state index contributed by atoms with van der Waals surface area (Å²) in [5.41, 5.74) is 3.75. The minimum Gasteiger partial charge on any atom is -0.367 e. The second-order valence-electron chi connectivity index (χ2n) is 7.50. The number of amides is 1. The summed E-state index contributed by atoms with van der Waals surface area (Å²) in [7, 11) is 0. The summed E-state index contributed by atoms with van der Waals surface area (Å²) in [4.78, 5) is 14.7. The van der Waals surface area contributed by atoms with Crippen molar-refractivity contribution in [3.05, 3.63) is 100 Å². The van der Waals surface area contributed by atoms with Gasteiger partial charge in [0.05, 0.1) is 6.04 Å². The third kappa shape index (κ3) is 4.17. The Morgan fingerprint density at radius 3 is 2.47 bits per heavy atom. The maximum Gasteiger partial charge on any atom is 0.251 e. The third-order valence-electron chi connectivity index (χ3n) is 5.43. The predicted octanol–water partition coefficient (Wildman–Crippen LogP) is 5.16. The van der Waals surface area contributed by atoms with Crippen LogP contribution in [0.3, 0.4) is 0 Å². The number of carbonyl (C=O) groups excluding carboxylic acids is 1. The number of benzene rings is 3. The van der Waals surface area contributed by atoms with E-state index in [-0.39, 0.29) is 17.8 Å². The van der Waals surface area contributed by atoms with Gasteiger partial charge in [-0.2, -0.15) is 0 Å². The number of anilines is 1. The standard InChI is InChI=1S/C24H21F3N2O/c1-15(16-2-6-20(25)7-3-16)28-24(30)18-5-9-23-17(12-18)10-11-29(23)14-19-4-8-21(26)13-22(19)27/h2-9,12-13,15H,10-11,14H2,1H3,(H,28,30)/t15-/m1/s1. The lowest BCUT2D eigenvalue weighted by atomic mass is 10.1. The predicted molar refractivity (Wildman–Crippen MR) is 110 cm³/mol. The molecule has 3 nitrogen and oxygen atoms in total. The quantitative estimate of drug-likeness (QED) is 0.630. The molecule has 3 aromatic carbocycles. The maximum atomic E-state index is 14.0. The molecule has 3 aromatic rings. The number of fused-ring (bicyclic) bond motifs is 1. The molecule has 1 N–H and O–H groups in total. The SMILES string of the molecule is C[C@@H](NC(=O)c1ccc2c(c1)CCN2Cc1ccc(F)cc1F)c1ccc(F)cc1. The van der Waals surface area contributed by atoms with Crippen LogP contribution in [0.4, 0.5) is 18.9 Å². The first-order valence-electron chi connectivity index (χ1n) is 9.79. The normalized spacial score (nSPS) is 13.8. The molecule has 0 saturated carbocycles. The summed E-state index contributed by atoms with van der Waals surface area (Å²) in [6.45, 7) is 2.88. The van der Waals surface area contributed by atoms with Gasteiger partial charge in [0.2, 0.25) is 0 Å². The second-order valence-corrected chi connectivity index (χ2v) is 7.50. The average Bonchev–Trinajstić information content (AvgIpc) is 3.12. The zero-order valence-electron chi connectivity index (χ0n) is 16.5. The Hall–Kier alpha value is -3.28. The minimum absolute atomic E-state index is 0.211. The Morgan fingerprint density at radius 2 is 1.73 bits per heavy atom. The van der Waals surface area contributed by atoms with Gasteiger partial charge in [-0.3, -0.25) is 4.79 Å². The van der Waals surface area contributed by atoms with Crippen LogP contribution in [0.15, 0.2) is 60.7 Å². The van der Waals surface area contributed by atoms with Gasteiger partial charge in [-0.05, 0) is 60.9 Å². The van der Waals surface area contributed by atoms with Crippen LogP contribution in [0.2, 0.25) is 0 Å². The van der Waals surface area contributed by atoms with E-state index in [1.807, 2.05) is 24.0 Å². The number of halogens is 3. The van der Waals surface area contributed by atoms with E-state index in [9.17, 15) is 18.0 Å². The Morgan fingerprint density at radius 1 is 1.00 bits per heavy atom. The van der Waals surface area contributed by atoms with Crippen LogP contribution in [-0.2, 0) is 13.0 Å². The van der Waals surface area contributed by atoms with Crippen molar-refractivity contribution in [1.82, 2.24) is 5.32 Å². The fourth-order valence-electron chi connectivity index (χ4n) is 3.75. The van der Waals surface area contributed by atoms with Crippen LogP contribution in [0.5, 0.6) is 0 Å². The number of hydrogen-bond acceptors (Lipinski definition) is 2. The second kappa shape index (κ2) is 8.22. The first kappa shape index (κ1) is 20.0. The monoisotopic (exact) mass is 410 g/mol. The van der Waals surface area contributed by atoms with Gasteiger partial charge in [0.25, 0.3) is 5.91 Å². The van der Waals surface area contributed by atoms with Crippen LogP contribution >= 0.6 is 0 Å². The molecule has 30 heavy (non-hydrogen) atoms. The van der Waals surface area contributed by atoms with E-state index in [0.29, 0.717) is 24.2 Å². The fraction of sp³-hybridized carbons (Fsp3) is 0.208. The minimum atomic E-state index is -0.594. The largest absolute Gasteiger partial charge is 0.367 e. The molecule has 0 bridgehead atoms. The molecule has 0 fully saturated rings. The third-order valence-corrected chi connectivity index (χ3v) is 5.43. The van der Waals surface area contributed by atoms with Gasteiger partial charge in [0, 0.05) is 36.0 Å². The molecular weight excluding hydrogens is 389 g/mol. The van der Waals surface area contributed by atoms with Crippen LogP contribution in [-0.4, -0.2) is 12.5 Å². The molecule has 6 heteroatoms. The summed E-state index contributed by atoms with van der Waals surface area (Å²) in [6.07, 6.45) is 0.743. The van der Waals surface area contributed by atoms with Crippen LogP contribution in [0.25, 0.3) is 0 Å². The van der Waals surface area contributed by atoms with E-state index in [1.54, 1.807) is 18.2 Å². The number of nitrogens with one attached hydrogen (secondary N) is 1. The lowest BCUT2D eigenvalue weighted by Gasteiger charge is -2.20. The lowest BCUT2D eigenvalue weighted by molar-refractivity contribution is 0.0940. The smallest absolute Gasteiger partial charge is 0.251 e. The Kier molecular flexibility index (Phi) is 5.48. The summed E-state index contributed by atoms with van der Waals surface area (Å²) in [5.74, 6) is -1.68. The van der Waals surface area contributed by atoms with Crippen molar-refractivity contribution in [1.29, 1.82) is 0 Å². The Balaban J connectivity index is 1.46. The van der Waals surface area contributed by atoms with E-state index < -0.39 is 11.6 Å². The highest BCUT2D eigenvalue weighted by atomic mass is 19.1. The van der Waals surface area contributed by atoms with Gasteiger partial charge in [-0.25, -0.2) is 13.2 Å². The number of nitrogens with zero attached hydrogens (tertiary/aromatic N) is 1. The summed E-state index contributed by atoms with van der Waals surface area (Å²) >= 11 is 0. The summed E-state index contributed by atoms with van der Waals surface area (Å²) < 4.78 is 40.2. The molecule has 1 heterocycles. The molecule has 4 rings (SSSR count). The molecule has 0 aromatic heterocycles. The van der Waals surface area contributed by atoms with Gasteiger partial charge in [0.15, 0.2) is 0 Å². The van der Waals surface area contributed by atoms with Crippen molar-refractivity contribution in [2.24, 2.45) is 0 Å². The average molecular weight is 410 g/mol. The molecule has 0 radical (unpaired) electrons. The number of hydrogen-bond donors (Lipinski definition) is 1. The molecule has 1 amide bonds. The first-order valence-corrected chi connectivity index (χ1v) is 9.79. The number of rotatable bonds is 5. The van der Waals surface area contributed by atoms with Gasteiger partial charge < -0.3 is 10.2 Å². The first-order chi connectivity index (χ1) is 14.4. The molecular formula is C24H21F3N2O. The van der Waals surface area contributed by atoms with E-state index >= 15 is 0 Å². The highest BCUT2D eigenvalue weighted by Crippen LogP contribution is 2.31. The highest BCUT2D eigenvalue weighted by Gasteiger charge is 2.22. The van der Waals surface area contributed by atoms with Crippen LogP contribution in [0.1, 0.15) is 40.0 Å². The van der Waals surface area contributed by atoms with E-state index in [0.717, 1.165) is 29.3 Å². The van der Waals surface area contributed by atoms with E-state index in [2.05, 4.69) is 5.32 Å². The van der Waals surface area contributed by atoms with Gasteiger partial charge in [-0.1, -0.05) is 18.2 Å². The molecule has 154 valence electrons. The molecule has 0 aliphatic carbocycles. The van der Waals surface area contributed by atoms with Crippen molar-refractivity contribution >= 4 is 11.6 Å². The number of carbonyl (C=O) groups is 1. The van der Waals surface area contributed by atoms with Crippen molar-refractivity contribution in [2.75, 3.05) is 11.4 Å². The van der Waals surface area contributed by atoms with Gasteiger partial charge in [0.1, 0.15) is 17.5 Å². The Bertz CT molecular complexity index is 1080. The maximum absolute atomic E-state index is 14.0. The lowest BCUT2D eigenvalue weighted by Crippen LogP contribution is -2.26. The van der Waals surface area contributed by atoms with Crippen LogP contribution < -0.4 is 10.2 Å². The highest BCUT2D eigenvalue weighted by molar-refractivity contribution is 5.95. The molecule has 0 spiro atoms. The van der Waals surface area contributed by atoms with E-state index in [1.165, 1.54) is 24.3 Å².